The number of carbonyl (C=O) groups is 1. The standard InChI is InChI=1S/C19H14Cl3F3N4O2S/c1-29-16(8-31-11-4-2-3-10(5-11)19(23,24)25)27-28-18(29)32-9-17(30)26-15-7-13(21)12(20)6-14(15)22/h2-7H,8-9H2,1H3,(H,26,30). The van der Waals surface area contributed by atoms with Crippen molar-refractivity contribution in [3.05, 3.63) is 62.9 Å². The van der Waals surface area contributed by atoms with E-state index in [-0.39, 0.29) is 39.1 Å². The van der Waals surface area contributed by atoms with Crippen LogP contribution >= 0.6 is 46.6 Å². The fraction of sp³-hybridized carbons (Fsp3) is 0.211. The van der Waals surface area contributed by atoms with E-state index in [4.69, 9.17) is 39.5 Å². The molecule has 0 aliphatic heterocycles. The molecule has 1 heterocycles. The van der Waals surface area contributed by atoms with Gasteiger partial charge in [0.15, 0.2) is 11.0 Å². The van der Waals surface area contributed by atoms with E-state index in [9.17, 15) is 18.0 Å². The van der Waals surface area contributed by atoms with Crippen molar-refractivity contribution >= 4 is 58.2 Å². The molecule has 1 N–H and O–H groups in total. The van der Waals surface area contributed by atoms with Crippen LogP contribution in [0.4, 0.5) is 18.9 Å². The SMILES string of the molecule is Cn1c(COc2cccc(C(F)(F)F)c2)nnc1SCC(=O)Nc1cc(Cl)c(Cl)cc1Cl. The predicted molar refractivity (Wildman–Crippen MR) is 118 cm³/mol. The fourth-order valence-electron chi connectivity index (χ4n) is 2.44. The average Bonchev–Trinajstić information content (AvgIpc) is 3.08. The van der Waals surface area contributed by atoms with Crippen LogP contribution in [0.2, 0.25) is 15.1 Å². The Morgan fingerprint density at radius 3 is 2.56 bits per heavy atom. The zero-order valence-electron chi connectivity index (χ0n) is 16.2. The highest BCUT2D eigenvalue weighted by molar-refractivity contribution is 7.99. The summed E-state index contributed by atoms with van der Waals surface area (Å²) in [6, 6.07) is 7.41. The molecule has 3 aromatic rings. The minimum absolute atomic E-state index is 0.00294. The summed E-state index contributed by atoms with van der Waals surface area (Å²) in [4.78, 5) is 12.2. The molecule has 0 spiro atoms. The Hall–Kier alpha value is -2.14. The lowest BCUT2D eigenvalue weighted by molar-refractivity contribution is -0.137. The Labute approximate surface area is 200 Å². The summed E-state index contributed by atoms with van der Waals surface area (Å²) in [6.45, 7) is -0.101. The highest BCUT2D eigenvalue weighted by atomic mass is 35.5. The van der Waals surface area contributed by atoms with E-state index in [0.717, 1.165) is 23.9 Å². The van der Waals surface area contributed by atoms with E-state index >= 15 is 0 Å². The van der Waals surface area contributed by atoms with Crippen LogP contribution in [0.3, 0.4) is 0 Å². The number of hydrogen-bond acceptors (Lipinski definition) is 5. The first kappa shape index (κ1) is 24.5. The fourth-order valence-corrected chi connectivity index (χ4v) is 3.77. The zero-order chi connectivity index (χ0) is 23.5. The van der Waals surface area contributed by atoms with Gasteiger partial charge in [0.2, 0.25) is 5.91 Å². The highest BCUT2D eigenvalue weighted by Gasteiger charge is 2.30. The molecule has 0 unspecified atom stereocenters. The van der Waals surface area contributed by atoms with Crippen LogP contribution in [-0.2, 0) is 24.6 Å². The number of benzene rings is 2. The van der Waals surface area contributed by atoms with Crippen LogP contribution in [0.1, 0.15) is 11.4 Å². The van der Waals surface area contributed by atoms with Gasteiger partial charge < -0.3 is 14.6 Å². The number of amides is 1. The maximum Gasteiger partial charge on any atom is 0.416 e. The van der Waals surface area contributed by atoms with Gasteiger partial charge in [0, 0.05) is 7.05 Å². The van der Waals surface area contributed by atoms with Gasteiger partial charge in [0.1, 0.15) is 12.4 Å². The number of hydrogen-bond donors (Lipinski definition) is 1. The molecule has 3 rings (SSSR count). The third-order valence-electron chi connectivity index (χ3n) is 4.07. The van der Waals surface area contributed by atoms with Crippen molar-refractivity contribution in [2.45, 2.75) is 17.9 Å². The third-order valence-corrected chi connectivity index (χ3v) is 6.13. The smallest absolute Gasteiger partial charge is 0.416 e. The van der Waals surface area contributed by atoms with Gasteiger partial charge in [-0.3, -0.25) is 4.79 Å². The number of nitrogens with one attached hydrogen (secondary N) is 1. The van der Waals surface area contributed by atoms with Crippen LogP contribution in [0.5, 0.6) is 5.75 Å². The Balaban J connectivity index is 1.57. The maximum absolute atomic E-state index is 12.8. The number of thioether (sulfide) groups is 1. The molecule has 170 valence electrons. The molecule has 0 saturated heterocycles. The van der Waals surface area contributed by atoms with E-state index in [0.29, 0.717) is 16.7 Å². The van der Waals surface area contributed by atoms with Gasteiger partial charge in [0.25, 0.3) is 0 Å². The first-order valence-corrected chi connectivity index (χ1v) is 10.9. The summed E-state index contributed by atoms with van der Waals surface area (Å²) in [6.07, 6.45) is -4.46. The molecular formula is C19H14Cl3F3N4O2S. The molecule has 0 radical (unpaired) electrons. The summed E-state index contributed by atoms with van der Waals surface area (Å²) in [5.74, 6) is 0.0598. The van der Waals surface area contributed by atoms with Gasteiger partial charge in [-0.1, -0.05) is 52.6 Å². The van der Waals surface area contributed by atoms with E-state index in [1.54, 1.807) is 11.6 Å². The van der Waals surface area contributed by atoms with Gasteiger partial charge >= 0.3 is 6.18 Å². The predicted octanol–water partition coefficient (Wildman–Crippen LogP) is 6.10. The summed E-state index contributed by atoms with van der Waals surface area (Å²) in [5, 5.41) is 11.7. The monoisotopic (exact) mass is 524 g/mol. The lowest BCUT2D eigenvalue weighted by atomic mass is 10.2. The molecular weight excluding hydrogens is 512 g/mol. The number of carbonyl (C=O) groups excluding carboxylic acids is 1. The number of rotatable bonds is 7. The van der Waals surface area contributed by atoms with Crippen molar-refractivity contribution in [1.82, 2.24) is 14.8 Å². The zero-order valence-corrected chi connectivity index (χ0v) is 19.3. The number of halogens is 6. The highest BCUT2D eigenvalue weighted by Crippen LogP contribution is 2.33. The molecule has 32 heavy (non-hydrogen) atoms. The number of aromatic nitrogens is 3. The summed E-state index contributed by atoms with van der Waals surface area (Å²) < 4.78 is 45.4. The molecule has 1 aromatic heterocycles. The van der Waals surface area contributed by atoms with E-state index < -0.39 is 11.7 Å². The molecule has 1 amide bonds. The summed E-state index contributed by atoms with van der Waals surface area (Å²) in [7, 11) is 1.65. The van der Waals surface area contributed by atoms with Crippen molar-refractivity contribution in [1.29, 1.82) is 0 Å². The quantitative estimate of drug-likeness (QED) is 0.298. The Morgan fingerprint density at radius 1 is 1.12 bits per heavy atom. The average molecular weight is 526 g/mol. The Bertz CT molecular complexity index is 1140. The molecule has 0 saturated carbocycles. The van der Waals surface area contributed by atoms with Crippen LogP contribution in [0, 0.1) is 0 Å². The van der Waals surface area contributed by atoms with Crippen molar-refractivity contribution in [3.8, 4) is 5.75 Å². The van der Waals surface area contributed by atoms with Crippen LogP contribution in [0.15, 0.2) is 41.6 Å². The molecule has 0 aliphatic rings. The normalized spacial score (nSPS) is 11.5. The number of anilines is 1. The largest absolute Gasteiger partial charge is 0.486 e. The topological polar surface area (TPSA) is 69.0 Å². The van der Waals surface area contributed by atoms with Crippen LogP contribution in [-0.4, -0.2) is 26.4 Å². The third kappa shape index (κ3) is 6.22. The molecule has 6 nitrogen and oxygen atoms in total. The lowest BCUT2D eigenvalue weighted by Gasteiger charge is -2.10. The van der Waals surface area contributed by atoms with Crippen LogP contribution in [0.25, 0.3) is 0 Å². The van der Waals surface area contributed by atoms with Crippen LogP contribution < -0.4 is 10.1 Å². The lowest BCUT2D eigenvalue weighted by Crippen LogP contribution is -2.15. The second-order valence-electron chi connectivity index (χ2n) is 6.36. The summed E-state index contributed by atoms with van der Waals surface area (Å²) in [5.41, 5.74) is -0.489. The summed E-state index contributed by atoms with van der Waals surface area (Å²) >= 11 is 18.9. The molecule has 0 bridgehead atoms. The Morgan fingerprint density at radius 2 is 1.84 bits per heavy atom. The minimum atomic E-state index is -4.46. The van der Waals surface area contributed by atoms with Crippen molar-refractivity contribution in [2.24, 2.45) is 7.05 Å². The van der Waals surface area contributed by atoms with E-state index in [1.807, 2.05) is 0 Å². The van der Waals surface area contributed by atoms with Gasteiger partial charge in [-0.25, -0.2) is 0 Å². The molecule has 13 heteroatoms. The molecule has 0 atom stereocenters. The van der Waals surface area contributed by atoms with E-state index in [1.165, 1.54) is 24.3 Å². The van der Waals surface area contributed by atoms with E-state index in [2.05, 4.69) is 15.5 Å². The number of nitrogens with zero attached hydrogens (tertiary/aromatic N) is 3. The second-order valence-corrected chi connectivity index (χ2v) is 8.52. The molecule has 0 aliphatic carbocycles. The van der Waals surface area contributed by atoms with Crippen molar-refractivity contribution in [2.75, 3.05) is 11.1 Å². The van der Waals surface area contributed by atoms with Crippen molar-refractivity contribution in [3.63, 3.8) is 0 Å². The van der Waals surface area contributed by atoms with Crippen molar-refractivity contribution < 1.29 is 22.7 Å². The van der Waals surface area contributed by atoms with Gasteiger partial charge in [-0.15, -0.1) is 10.2 Å². The van der Waals surface area contributed by atoms with Gasteiger partial charge in [-0.05, 0) is 30.3 Å². The number of alkyl halides is 3. The Kier molecular flexibility index (Phi) is 7.81. The molecule has 2 aromatic carbocycles. The second kappa shape index (κ2) is 10.2. The minimum Gasteiger partial charge on any atom is -0.486 e. The maximum atomic E-state index is 12.8. The first-order valence-electron chi connectivity index (χ1n) is 8.80. The van der Waals surface area contributed by atoms with Gasteiger partial charge in [-0.2, -0.15) is 13.2 Å². The molecule has 0 fully saturated rings. The first-order chi connectivity index (χ1) is 15.0. The van der Waals surface area contributed by atoms with Gasteiger partial charge in [0.05, 0.1) is 32.1 Å². The number of ether oxygens (including phenoxy) is 1.